The van der Waals surface area contributed by atoms with Gasteiger partial charge in [0.05, 0.1) is 10.9 Å². The average molecular weight is 370 g/mol. The summed E-state index contributed by atoms with van der Waals surface area (Å²) in [6, 6.07) is 0.122. The zero-order chi connectivity index (χ0) is 18.8. The Labute approximate surface area is 158 Å². The van der Waals surface area contributed by atoms with Gasteiger partial charge in [-0.2, -0.15) is 0 Å². The van der Waals surface area contributed by atoms with Crippen molar-refractivity contribution in [3.8, 4) is 0 Å². The van der Waals surface area contributed by atoms with Crippen molar-refractivity contribution in [2.45, 2.75) is 45.1 Å². The molecule has 8 heteroatoms. The third-order valence-electron chi connectivity index (χ3n) is 5.51. The molecule has 0 aliphatic carbocycles. The quantitative estimate of drug-likeness (QED) is 0.859. The third kappa shape index (κ3) is 3.48. The van der Waals surface area contributed by atoms with E-state index in [-0.39, 0.29) is 17.9 Å². The smallest absolute Gasteiger partial charge is 0.256 e. The molecule has 2 N–H and O–H groups in total. The van der Waals surface area contributed by atoms with Crippen LogP contribution >= 0.6 is 0 Å². The lowest BCUT2D eigenvalue weighted by Crippen LogP contribution is -2.45. The number of hydrogen-bond donors (Lipinski definition) is 2. The molecule has 2 aliphatic rings. The highest BCUT2D eigenvalue weighted by molar-refractivity contribution is 6.09. The number of amides is 2. The predicted octanol–water partition coefficient (Wildman–Crippen LogP) is 2.01. The van der Waals surface area contributed by atoms with Gasteiger partial charge in [0.25, 0.3) is 5.91 Å². The van der Waals surface area contributed by atoms with Gasteiger partial charge in [0.15, 0.2) is 0 Å². The summed E-state index contributed by atoms with van der Waals surface area (Å²) in [5.41, 5.74) is 1.28. The van der Waals surface area contributed by atoms with E-state index in [9.17, 15) is 9.59 Å². The van der Waals surface area contributed by atoms with Gasteiger partial charge in [0.1, 0.15) is 17.8 Å². The summed E-state index contributed by atoms with van der Waals surface area (Å²) in [5, 5.41) is 4.21. The number of H-pyrrole nitrogens is 1. The highest BCUT2D eigenvalue weighted by atomic mass is 16.2. The summed E-state index contributed by atoms with van der Waals surface area (Å²) in [4.78, 5) is 40.6. The largest absolute Gasteiger partial charge is 0.365 e. The first kappa shape index (κ1) is 17.8. The van der Waals surface area contributed by atoms with E-state index in [1.807, 2.05) is 16.7 Å². The molecule has 2 aromatic rings. The van der Waals surface area contributed by atoms with Crippen LogP contribution in [-0.2, 0) is 4.79 Å². The van der Waals surface area contributed by atoms with Crippen LogP contribution in [0.25, 0.3) is 11.0 Å². The Bertz CT molecular complexity index is 842. The minimum atomic E-state index is 0.0306. The summed E-state index contributed by atoms with van der Waals surface area (Å²) < 4.78 is 0. The molecule has 0 saturated carbocycles. The van der Waals surface area contributed by atoms with Gasteiger partial charge in [-0.3, -0.25) is 9.59 Å². The van der Waals surface area contributed by atoms with Crippen LogP contribution in [-0.4, -0.2) is 68.8 Å². The first-order chi connectivity index (χ1) is 13.2. The van der Waals surface area contributed by atoms with Gasteiger partial charge in [-0.25, -0.2) is 9.97 Å². The van der Waals surface area contributed by atoms with E-state index in [1.54, 1.807) is 6.20 Å². The van der Waals surface area contributed by atoms with Crippen LogP contribution in [0.3, 0.4) is 0 Å². The van der Waals surface area contributed by atoms with Crippen LogP contribution in [0.15, 0.2) is 12.5 Å². The lowest BCUT2D eigenvalue weighted by molar-refractivity contribution is -0.131. The minimum Gasteiger partial charge on any atom is -0.365 e. The highest BCUT2D eigenvalue weighted by Gasteiger charge is 2.27. The van der Waals surface area contributed by atoms with E-state index in [2.05, 4.69) is 20.3 Å². The number of anilines is 1. The van der Waals surface area contributed by atoms with E-state index in [0.717, 1.165) is 50.7 Å². The Morgan fingerprint density at radius 1 is 1.19 bits per heavy atom. The second-order valence-corrected chi connectivity index (χ2v) is 7.32. The first-order valence-electron chi connectivity index (χ1n) is 9.83. The molecule has 2 aliphatic heterocycles. The van der Waals surface area contributed by atoms with Crippen molar-refractivity contribution in [1.29, 1.82) is 0 Å². The monoisotopic (exact) mass is 370 g/mol. The Balaban J connectivity index is 1.59. The number of nitrogens with one attached hydrogen (secondary N) is 2. The SMILES string of the molecule is CCC(=O)N1CCC[C@@H](Nc2ncnc3[nH]cc(C(=O)N4CCCC4)c23)C1. The Hall–Kier alpha value is -2.64. The normalized spacial score (nSPS) is 20.3. The van der Waals surface area contributed by atoms with E-state index >= 15 is 0 Å². The molecule has 27 heavy (non-hydrogen) atoms. The number of rotatable bonds is 4. The van der Waals surface area contributed by atoms with Crippen molar-refractivity contribution < 1.29 is 9.59 Å². The Morgan fingerprint density at radius 2 is 1.96 bits per heavy atom. The molecule has 0 aromatic carbocycles. The van der Waals surface area contributed by atoms with Gasteiger partial charge in [-0.15, -0.1) is 0 Å². The molecule has 0 radical (unpaired) electrons. The maximum atomic E-state index is 12.9. The summed E-state index contributed by atoms with van der Waals surface area (Å²) >= 11 is 0. The van der Waals surface area contributed by atoms with Crippen LogP contribution in [0.5, 0.6) is 0 Å². The maximum absolute atomic E-state index is 12.9. The Kier molecular flexibility index (Phi) is 4.96. The van der Waals surface area contributed by atoms with Crippen molar-refractivity contribution in [3.63, 3.8) is 0 Å². The van der Waals surface area contributed by atoms with Crippen molar-refractivity contribution >= 4 is 28.7 Å². The number of aromatic nitrogens is 3. The molecule has 144 valence electrons. The number of nitrogens with zero attached hydrogens (tertiary/aromatic N) is 4. The van der Waals surface area contributed by atoms with Gasteiger partial charge >= 0.3 is 0 Å². The van der Waals surface area contributed by atoms with Crippen molar-refractivity contribution in [1.82, 2.24) is 24.8 Å². The summed E-state index contributed by atoms with van der Waals surface area (Å²) in [6.07, 6.45) is 7.81. The zero-order valence-corrected chi connectivity index (χ0v) is 15.7. The fourth-order valence-corrected chi connectivity index (χ4v) is 4.07. The number of piperidine rings is 1. The molecule has 2 aromatic heterocycles. The third-order valence-corrected chi connectivity index (χ3v) is 5.51. The average Bonchev–Trinajstić information content (AvgIpc) is 3.37. The summed E-state index contributed by atoms with van der Waals surface area (Å²) in [7, 11) is 0. The lowest BCUT2D eigenvalue weighted by Gasteiger charge is -2.33. The molecule has 4 heterocycles. The molecule has 4 rings (SSSR count). The van der Waals surface area contributed by atoms with E-state index in [1.165, 1.54) is 6.33 Å². The van der Waals surface area contributed by atoms with Crippen LogP contribution in [0.4, 0.5) is 5.82 Å². The van der Waals surface area contributed by atoms with Crippen LogP contribution in [0, 0.1) is 0 Å². The highest BCUT2D eigenvalue weighted by Crippen LogP contribution is 2.27. The molecule has 0 spiro atoms. The second kappa shape index (κ2) is 7.54. The number of fused-ring (bicyclic) bond motifs is 1. The molecular weight excluding hydrogens is 344 g/mol. The molecule has 2 fully saturated rings. The number of carbonyl (C=O) groups is 2. The van der Waals surface area contributed by atoms with Crippen LogP contribution in [0.1, 0.15) is 49.4 Å². The molecule has 2 amide bonds. The maximum Gasteiger partial charge on any atom is 0.256 e. The summed E-state index contributed by atoms with van der Waals surface area (Å²) in [5.74, 6) is 0.878. The zero-order valence-electron chi connectivity index (χ0n) is 15.7. The van der Waals surface area contributed by atoms with Gasteiger partial charge in [0, 0.05) is 44.8 Å². The summed E-state index contributed by atoms with van der Waals surface area (Å²) in [6.45, 7) is 4.98. The van der Waals surface area contributed by atoms with Gasteiger partial charge in [0.2, 0.25) is 5.91 Å². The van der Waals surface area contributed by atoms with Crippen molar-refractivity contribution in [2.75, 3.05) is 31.5 Å². The number of carbonyl (C=O) groups excluding carboxylic acids is 2. The van der Waals surface area contributed by atoms with E-state index in [4.69, 9.17) is 0 Å². The van der Waals surface area contributed by atoms with E-state index < -0.39 is 0 Å². The minimum absolute atomic E-state index is 0.0306. The molecule has 0 unspecified atom stereocenters. The topological polar surface area (TPSA) is 94.2 Å². The first-order valence-corrected chi connectivity index (χ1v) is 9.83. The molecule has 1 atom stereocenters. The Morgan fingerprint density at radius 3 is 2.74 bits per heavy atom. The van der Waals surface area contributed by atoms with Gasteiger partial charge in [-0.1, -0.05) is 6.92 Å². The lowest BCUT2D eigenvalue weighted by atomic mass is 10.0. The molecule has 2 saturated heterocycles. The van der Waals surface area contributed by atoms with E-state index in [0.29, 0.717) is 30.0 Å². The van der Waals surface area contributed by atoms with Gasteiger partial charge in [-0.05, 0) is 25.7 Å². The molecular formula is C19H26N6O2. The second-order valence-electron chi connectivity index (χ2n) is 7.32. The predicted molar refractivity (Wildman–Crippen MR) is 103 cm³/mol. The molecule has 0 bridgehead atoms. The van der Waals surface area contributed by atoms with Gasteiger partial charge < -0.3 is 20.1 Å². The fraction of sp³-hybridized carbons (Fsp3) is 0.579. The number of aromatic amines is 1. The van der Waals surface area contributed by atoms with Crippen molar-refractivity contribution in [3.05, 3.63) is 18.1 Å². The number of hydrogen-bond acceptors (Lipinski definition) is 5. The standard InChI is InChI=1S/C19H26N6O2/c1-2-15(26)25-9-5-6-13(11-25)23-18-16-14(10-20-17(16)21-12-22-18)19(27)24-7-3-4-8-24/h10,12-13H,2-9,11H2,1H3,(H2,20,21,22,23)/t13-/m1/s1. The van der Waals surface area contributed by atoms with Crippen LogP contribution < -0.4 is 5.32 Å². The van der Waals surface area contributed by atoms with Crippen molar-refractivity contribution in [2.24, 2.45) is 0 Å². The van der Waals surface area contributed by atoms with Crippen LogP contribution in [0.2, 0.25) is 0 Å². The number of likely N-dealkylation sites (tertiary alicyclic amines) is 2. The molecule has 8 nitrogen and oxygen atoms in total. The fourth-order valence-electron chi connectivity index (χ4n) is 4.07.